The lowest BCUT2D eigenvalue weighted by Gasteiger charge is -2.38. The van der Waals surface area contributed by atoms with Gasteiger partial charge in [0.25, 0.3) is 5.56 Å². The zero-order valence-corrected chi connectivity index (χ0v) is 19.9. The first-order valence-electron chi connectivity index (χ1n) is 11.3. The molecule has 1 amide bonds. The maximum absolute atomic E-state index is 14.0. The van der Waals surface area contributed by atoms with Crippen LogP contribution >= 0.6 is 0 Å². The minimum Gasteiger partial charge on any atom is -0.338 e. The van der Waals surface area contributed by atoms with Gasteiger partial charge in [-0.1, -0.05) is 12.6 Å². The number of likely N-dealkylation sites (N-methyl/N-ethyl adjacent to an activating group) is 1. The van der Waals surface area contributed by atoms with Crippen LogP contribution in [-0.2, 0) is 11.3 Å². The van der Waals surface area contributed by atoms with Gasteiger partial charge in [-0.2, -0.15) is 5.10 Å². The van der Waals surface area contributed by atoms with Crippen LogP contribution in [0.3, 0.4) is 0 Å². The van der Waals surface area contributed by atoms with E-state index in [0.717, 1.165) is 34.5 Å². The van der Waals surface area contributed by atoms with Gasteiger partial charge in [-0.3, -0.25) is 19.3 Å². The van der Waals surface area contributed by atoms with Gasteiger partial charge in [0.1, 0.15) is 11.6 Å². The number of nitrogens with one attached hydrogen (secondary N) is 1. The Morgan fingerprint density at radius 2 is 2.03 bits per heavy atom. The number of hydrogen-bond acceptors (Lipinski definition) is 6. The molecule has 4 heterocycles. The van der Waals surface area contributed by atoms with Gasteiger partial charge in [0, 0.05) is 31.6 Å². The highest BCUT2D eigenvalue weighted by atomic mass is 16.2. The van der Waals surface area contributed by atoms with E-state index in [-0.39, 0.29) is 17.4 Å². The first-order valence-corrected chi connectivity index (χ1v) is 11.3. The minimum absolute atomic E-state index is 0.0486. The monoisotopic (exact) mass is 460 g/mol. The summed E-state index contributed by atoms with van der Waals surface area (Å²) < 4.78 is 3.66. The average molecular weight is 461 g/mol. The summed E-state index contributed by atoms with van der Waals surface area (Å²) in [6.07, 6.45) is 3.07. The predicted molar refractivity (Wildman–Crippen MR) is 130 cm³/mol. The van der Waals surface area contributed by atoms with Gasteiger partial charge in [0.2, 0.25) is 5.91 Å². The third kappa shape index (κ3) is 3.41. The molecule has 0 atom stereocenters. The standard InChI is InChI=1S/C24H28N8O2/c1-6-19(33)30-12-16(13-30)23-27-22-21(31(23)10-9-29(4)5)24(34)32(15(3)26-22)20-14(2)7-8-18-17(20)11-25-28-18/h6-8,11,16H,1,9-10,12-13H2,2-5H3,(H,25,28). The van der Waals surface area contributed by atoms with E-state index in [4.69, 9.17) is 9.97 Å². The van der Waals surface area contributed by atoms with E-state index in [2.05, 4.69) is 21.7 Å². The number of imidazole rings is 1. The van der Waals surface area contributed by atoms with Gasteiger partial charge < -0.3 is 14.4 Å². The van der Waals surface area contributed by atoms with E-state index in [1.54, 1.807) is 15.7 Å². The quantitative estimate of drug-likeness (QED) is 0.440. The molecule has 1 aliphatic heterocycles. The Hall–Kier alpha value is -3.79. The average Bonchev–Trinajstić information content (AvgIpc) is 3.37. The molecular weight excluding hydrogens is 432 g/mol. The zero-order chi connectivity index (χ0) is 24.1. The molecule has 0 saturated carbocycles. The lowest BCUT2D eigenvalue weighted by Crippen LogP contribution is -2.48. The number of aromatic nitrogens is 6. The number of carbonyl (C=O) groups is 1. The minimum atomic E-state index is -0.157. The Morgan fingerprint density at radius 1 is 1.26 bits per heavy atom. The predicted octanol–water partition coefficient (Wildman–Crippen LogP) is 1.75. The number of aromatic amines is 1. The molecule has 5 rings (SSSR count). The van der Waals surface area contributed by atoms with Crippen LogP contribution in [0.5, 0.6) is 0 Å². The summed E-state index contributed by atoms with van der Waals surface area (Å²) in [4.78, 5) is 39.4. The first kappa shape index (κ1) is 22.0. The fraction of sp³-hybridized carbons (Fsp3) is 0.375. The van der Waals surface area contributed by atoms with Gasteiger partial charge in [0.15, 0.2) is 11.2 Å². The molecule has 0 radical (unpaired) electrons. The molecule has 1 aliphatic rings. The molecule has 0 aliphatic carbocycles. The van der Waals surface area contributed by atoms with E-state index in [0.29, 0.717) is 36.6 Å². The smallest absolute Gasteiger partial charge is 0.284 e. The number of hydrogen-bond donors (Lipinski definition) is 1. The van der Waals surface area contributed by atoms with Gasteiger partial charge >= 0.3 is 0 Å². The van der Waals surface area contributed by atoms with Crippen LogP contribution in [0.4, 0.5) is 0 Å². The number of carbonyl (C=O) groups excluding carboxylic acids is 1. The summed E-state index contributed by atoms with van der Waals surface area (Å²) in [5, 5.41) is 8.01. The highest BCUT2D eigenvalue weighted by molar-refractivity contribution is 5.89. The molecule has 0 unspecified atom stereocenters. The fourth-order valence-electron chi connectivity index (χ4n) is 4.66. The summed E-state index contributed by atoms with van der Waals surface area (Å²) >= 11 is 0. The van der Waals surface area contributed by atoms with Crippen LogP contribution in [0, 0.1) is 13.8 Å². The van der Waals surface area contributed by atoms with Crippen molar-refractivity contribution in [1.29, 1.82) is 0 Å². The highest BCUT2D eigenvalue weighted by Crippen LogP contribution is 2.30. The topological polar surface area (TPSA) is 105 Å². The molecule has 10 heteroatoms. The molecule has 1 N–H and O–H groups in total. The maximum atomic E-state index is 14.0. The molecule has 34 heavy (non-hydrogen) atoms. The van der Waals surface area contributed by atoms with Crippen molar-refractivity contribution in [2.75, 3.05) is 33.7 Å². The SMILES string of the molecule is C=CC(=O)N1CC(c2nc3nc(C)n(-c4c(C)ccc5[nH]ncc45)c(=O)c3n2CCN(C)C)C1. The third-order valence-electron chi connectivity index (χ3n) is 6.50. The Balaban J connectivity index is 1.70. The van der Waals surface area contributed by atoms with E-state index in [9.17, 15) is 9.59 Å². The zero-order valence-electron chi connectivity index (χ0n) is 19.9. The van der Waals surface area contributed by atoms with Gasteiger partial charge in [-0.25, -0.2) is 9.97 Å². The number of nitrogens with zero attached hydrogens (tertiary/aromatic N) is 7. The van der Waals surface area contributed by atoms with Crippen molar-refractivity contribution in [2.24, 2.45) is 0 Å². The summed E-state index contributed by atoms with van der Waals surface area (Å²) in [6.45, 7) is 9.81. The Labute approximate surface area is 196 Å². The lowest BCUT2D eigenvalue weighted by molar-refractivity contribution is -0.130. The number of likely N-dealkylation sites (tertiary alicyclic amines) is 1. The molecular formula is C24H28N8O2. The summed E-state index contributed by atoms with van der Waals surface area (Å²) in [6, 6.07) is 3.93. The molecule has 0 spiro atoms. The normalized spacial score (nSPS) is 14.3. The number of aryl methyl sites for hydroxylation is 2. The summed E-state index contributed by atoms with van der Waals surface area (Å²) in [5.41, 5.74) is 3.35. The van der Waals surface area contributed by atoms with E-state index < -0.39 is 0 Å². The van der Waals surface area contributed by atoms with Crippen molar-refractivity contribution < 1.29 is 4.79 Å². The van der Waals surface area contributed by atoms with Gasteiger partial charge in [-0.15, -0.1) is 0 Å². The molecule has 10 nitrogen and oxygen atoms in total. The van der Waals surface area contributed by atoms with Crippen molar-refractivity contribution in [1.82, 2.24) is 39.1 Å². The van der Waals surface area contributed by atoms with Gasteiger partial charge in [-0.05, 0) is 45.6 Å². The molecule has 176 valence electrons. The largest absolute Gasteiger partial charge is 0.338 e. The lowest BCUT2D eigenvalue weighted by atomic mass is 9.99. The second kappa shape index (κ2) is 8.21. The van der Waals surface area contributed by atoms with Crippen LogP contribution in [0.25, 0.3) is 27.8 Å². The Bertz CT molecular complexity index is 1490. The third-order valence-corrected chi connectivity index (χ3v) is 6.50. The molecule has 4 aromatic rings. The van der Waals surface area contributed by atoms with Crippen molar-refractivity contribution in [3.05, 3.63) is 58.6 Å². The summed E-state index contributed by atoms with van der Waals surface area (Å²) in [7, 11) is 3.99. The van der Waals surface area contributed by atoms with E-state index >= 15 is 0 Å². The summed E-state index contributed by atoms with van der Waals surface area (Å²) in [5.74, 6) is 1.32. The Morgan fingerprint density at radius 3 is 2.74 bits per heavy atom. The maximum Gasteiger partial charge on any atom is 0.284 e. The Kier molecular flexibility index (Phi) is 5.32. The van der Waals surface area contributed by atoms with E-state index in [1.165, 1.54) is 6.08 Å². The van der Waals surface area contributed by atoms with Crippen molar-refractivity contribution in [3.63, 3.8) is 0 Å². The van der Waals surface area contributed by atoms with Gasteiger partial charge in [0.05, 0.1) is 23.3 Å². The van der Waals surface area contributed by atoms with Crippen LogP contribution in [-0.4, -0.2) is 78.7 Å². The molecule has 1 saturated heterocycles. The molecule has 0 bridgehead atoms. The van der Waals surface area contributed by atoms with Crippen molar-refractivity contribution >= 4 is 28.0 Å². The molecule has 1 aromatic carbocycles. The fourth-order valence-corrected chi connectivity index (χ4v) is 4.66. The second-order valence-electron chi connectivity index (χ2n) is 9.10. The highest BCUT2D eigenvalue weighted by Gasteiger charge is 2.35. The number of amides is 1. The molecule has 3 aromatic heterocycles. The second-order valence-corrected chi connectivity index (χ2v) is 9.10. The number of H-pyrrole nitrogens is 1. The van der Waals surface area contributed by atoms with Crippen LogP contribution in [0.1, 0.15) is 23.1 Å². The van der Waals surface area contributed by atoms with Crippen molar-refractivity contribution in [2.45, 2.75) is 26.3 Å². The van der Waals surface area contributed by atoms with Crippen LogP contribution in [0.2, 0.25) is 0 Å². The molecule has 1 fully saturated rings. The number of fused-ring (bicyclic) bond motifs is 2. The number of benzene rings is 1. The number of rotatable bonds is 6. The van der Waals surface area contributed by atoms with Crippen molar-refractivity contribution in [3.8, 4) is 5.69 Å². The van der Waals surface area contributed by atoms with Crippen LogP contribution in [0.15, 0.2) is 35.8 Å². The first-order chi connectivity index (χ1) is 16.3. The van der Waals surface area contributed by atoms with E-state index in [1.807, 2.05) is 44.6 Å². The van der Waals surface area contributed by atoms with Crippen LogP contribution < -0.4 is 5.56 Å².